The van der Waals surface area contributed by atoms with Gasteiger partial charge in [-0.3, -0.25) is 0 Å². The van der Waals surface area contributed by atoms with Crippen LogP contribution in [0.2, 0.25) is 19.6 Å². The summed E-state index contributed by atoms with van der Waals surface area (Å²) in [6, 6.07) is 12.8. The van der Waals surface area contributed by atoms with Gasteiger partial charge in [0.2, 0.25) is 0 Å². The molecule has 0 heterocycles. The first-order valence-corrected chi connectivity index (χ1v) is 10.1. The van der Waals surface area contributed by atoms with Gasteiger partial charge >= 0.3 is 0 Å². The molecule has 0 aliphatic carbocycles. The number of rotatable bonds is 1. The third-order valence-electron chi connectivity index (χ3n) is 2.94. The van der Waals surface area contributed by atoms with Gasteiger partial charge in [0.05, 0.1) is 0 Å². The highest BCUT2D eigenvalue weighted by atomic mass is 28.3. The van der Waals surface area contributed by atoms with Crippen LogP contribution in [0.25, 0.3) is 10.8 Å². The second-order valence-corrected chi connectivity index (χ2v) is 10.8. The summed E-state index contributed by atoms with van der Waals surface area (Å²) in [6.07, 6.45) is 0. The molecule has 19 heavy (non-hydrogen) atoms. The Bertz CT molecular complexity index is 649. The van der Waals surface area contributed by atoms with Crippen LogP contribution in [0.15, 0.2) is 36.4 Å². The Balaban J connectivity index is 2.70. The van der Waals surface area contributed by atoms with E-state index in [4.69, 9.17) is 0 Å². The van der Waals surface area contributed by atoms with Gasteiger partial charge < -0.3 is 4.90 Å². The molecular weight excluding hydrogens is 246 g/mol. The Hall–Kier alpha value is -1.72. The number of fused-ring (bicyclic) bond motifs is 1. The first kappa shape index (κ1) is 13.7. The predicted molar refractivity (Wildman–Crippen MR) is 88.5 cm³/mol. The summed E-state index contributed by atoms with van der Waals surface area (Å²) in [5.74, 6) is 3.41. The summed E-state index contributed by atoms with van der Waals surface area (Å²) in [5.41, 5.74) is 5.84. The van der Waals surface area contributed by atoms with E-state index in [0.29, 0.717) is 0 Å². The maximum absolute atomic E-state index is 3.47. The zero-order chi connectivity index (χ0) is 14.0. The third-order valence-corrected chi connectivity index (χ3v) is 3.81. The van der Waals surface area contributed by atoms with Gasteiger partial charge in [-0.2, -0.15) is 0 Å². The molecule has 0 aliphatic rings. The molecule has 0 N–H and O–H groups in total. The summed E-state index contributed by atoms with van der Waals surface area (Å²) in [7, 11) is 2.82. The number of hydrogen-bond donors (Lipinski definition) is 0. The van der Waals surface area contributed by atoms with Crippen LogP contribution >= 0.6 is 0 Å². The maximum Gasteiger partial charge on any atom is 0.129 e. The topological polar surface area (TPSA) is 3.24 Å². The SMILES string of the molecule is CN(C)c1cccc2cccc(C#C[Si](C)(C)C)c12. The van der Waals surface area contributed by atoms with Crippen molar-refractivity contribution in [3.8, 4) is 11.5 Å². The van der Waals surface area contributed by atoms with E-state index < -0.39 is 8.07 Å². The molecule has 2 aromatic rings. The van der Waals surface area contributed by atoms with Crippen molar-refractivity contribution in [2.24, 2.45) is 0 Å². The minimum Gasteiger partial charge on any atom is -0.377 e. The van der Waals surface area contributed by atoms with Gasteiger partial charge in [-0.15, -0.1) is 5.54 Å². The summed E-state index contributed by atoms with van der Waals surface area (Å²) in [4.78, 5) is 2.15. The van der Waals surface area contributed by atoms with Gasteiger partial charge in [0, 0.05) is 30.7 Å². The molecule has 98 valence electrons. The summed E-state index contributed by atoms with van der Waals surface area (Å²) in [5, 5.41) is 2.52. The fraction of sp³-hybridized carbons (Fsp3) is 0.294. The summed E-state index contributed by atoms with van der Waals surface area (Å²) in [6.45, 7) is 6.83. The van der Waals surface area contributed by atoms with Gasteiger partial charge in [-0.1, -0.05) is 49.8 Å². The molecule has 0 bridgehead atoms. The number of nitrogens with zero attached hydrogens (tertiary/aromatic N) is 1. The molecule has 0 amide bonds. The standard InChI is InChI=1S/C17H21NSi/c1-18(2)16-11-7-10-14-8-6-9-15(17(14)16)12-13-19(3,4)5/h6-11H,1-5H3. The van der Waals surface area contributed by atoms with Crippen LogP contribution in [-0.2, 0) is 0 Å². The second-order valence-electron chi connectivity index (χ2n) is 6.08. The van der Waals surface area contributed by atoms with Crippen molar-refractivity contribution in [3.63, 3.8) is 0 Å². The molecule has 0 fully saturated rings. The molecule has 2 aromatic carbocycles. The lowest BCUT2D eigenvalue weighted by Gasteiger charge is -2.16. The first-order chi connectivity index (χ1) is 8.88. The Morgan fingerprint density at radius 3 is 2.16 bits per heavy atom. The minimum atomic E-state index is -1.35. The van der Waals surface area contributed by atoms with Gasteiger partial charge in [-0.25, -0.2) is 0 Å². The van der Waals surface area contributed by atoms with Crippen molar-refractivity contribution in [2.45, 2.75) is 19.6 Å². The predicted octanol–water partition coefficient (Wildman–Crippen LogP) is 4.13. The molecule has 2 heteroatoms. The average molecular weight is 267 g/mol. The smallest absolute Gasteiger partial charge is 0.129 e. The van der Waals surface area contributed by atoms with Crippen molar-refractivity contribution in [1.29, 1.82) is 0 Å². The monoisotopic (exact) mass is 267 g/mol. The van der Waals surface area contributed by atoms with E-state index in [2.05, 4.69) is 86.5 Å². The lowest BCUT2D eigenvalue weighted by molar-refractivity contribution is 1.14. The molecule has 0 atom stereocenters. The molecule has 0 unspecified atom stereocenters. The molecular formula is C17H21NSi. The van der Waals surface area contributed by atoms with Gasteiger partial charge in [-0.05, 0) is 17.5 Å². The van der Waals surface area contributed by atoms with Crippen LogP contribution in [-0.4, -0.2) is 22.2 Å². The summed E-state index contributed by atoms with van der Waals surface area (Å²) < 4.78 is 0. The molecule has 0 radical (unpaired) electrons. The van der Waals surface area contributed by atoms with E-state index in [1.807, 2.05) is 0 Å². The van der Waals surface area contributed by atoms with Gasteiger partial charge in [0.1, 0.15) is 8.07 Å². The van der Waals surface area contributed by atoms with E-state index in [0.717, 1.165) is 5.56 Å². The summed E-state index contributed by atoms with van der Waals surface area (Å²) >= 11 is 0. The molecule has 2 rings (SSSR count). The van der Waals surface area contributed by atoms with E-state index in [9.17, 15) is 0 Å². The van der Waals surface area contributed by atoms with E-state index in [1.165, 1.54) is 16.5 Å². The fourth-order valence-electron chi connectivity index (χ4n) is 2.05. The van der Waals surface area contributed by atoms with Crippen molar-refractivity contribution in [1.82, 2.24) is 0 Å². The molecule has 1 nitrogen and oxygen atoms in total. The number of hydrogen-bond acceptors (Lipinski definition) is 1. The van der Waals surface area contributed by atoms with Crippen LogP contribution in [0.3, 0.4) is 0 Å². The first-order valence-electron chi connectivity index (χ1n) is 6.61. The highest BCUT2D eigenvalue weighted by Crippen LogP contribution is 2.28. The largest absolute Gasteiger partial charge is 0.377 e. The Morgan fingerprint density at radius 2 is 1.58 bits per heavy atom. The van der Waals surface area contributed by atoms with E-state index in [1.54, 1.807) is 0 Å². The second kappa shape index (κ2) is 5.11. The maximum atomic E-state index is 3.47. The molecule has 0 aromatic heterocycles. The zero-order valence-electron chi connectivity index (χ0n) is 12.4. The molecule has 0 spiro atoms. The van der Waals surface area contributed by atoms with Gasteiger partial charge in [0.25, 0.3) is 0 Å². The van der Waals surface area contributed by atoms with E-state index >= 15 is 0 Å². The van der Waals surface area contributed by atoms with Crippen LogP contribution in [0.1, 0.15) is 5.56 Å². The molecule has 0 saturated carbocycles. The van der Waals surface area contributed by atoms with E-state index in [-0.39, 0.29) is 0 Å². The van der Waals surface area contributed by atoms with Gasteiger partial charge in [0.15, 0.2) is 0 Å². The highest BCUT2D eigenvalue weighted by molar-refractivity contribution is 6.83. The van der Waals surface area contributed by atoms with Crippen molar-refractivity contribution in [2.75, 3.05) is 19.0 Å². The zero-order valence-corrected chi connectivity index (χ0v) is 13.4. The Morgan fingerprint density at radius 1 is 0.947 bits per heavy atom. The van der Waals surface area contributed by atoms with Crippen LogP contribution in [0.5, 0.6) is 0 Å². The Labute approximate surface area is 117 Å². The fourth-order valence-corrected chi connectivity index (χ4v) is 2.56. The average Bonchev–Trinajstić information content (AvgIpc) is 2.34. The van der Waals surface area contributed by atoms with Crippen molar-refractivity contribution in [3.05, 3.63) is 42.0 Å². The van der Waals surface area contributed by atoms with Crippen molar-refractivity contribution >= 4 is 24.5 Å². The number of anilines is 1. The quantitative estimate of drug-likeness (QED) is 0.554. The van der Waals surface area contributed by atoms with Crippen molar-refractivity contribution < 1.29 is 0 Å². The minimum absolute atomic E-state index is 1.14. The normalized spacial score (nSPS) is 11.0. The van der Waals surface area contributed by atoms with Crippen LogP contribution < -0.4 is 4.90 Å². The lowest BCUT2D eigenvalue weighted by Crippen LogP contribution is -2.16. The lowest BCUT2D eigenvalue weighted by atomic mass is 10.0. The molecule has 0 saturated heterocycles. The number of benzene rings is 2. The van der Waals surface area contributed by atoms with Crippen LogP contribution in [0.4, 0.5) is 5.69 Å². The highest BCUT2D eigenvalue weighted by Gasteiger charge is 2.09. The van der Waals surface area contributed by atoms with Crippen LogP contribution in [0, 0.1) is 11.5 Å². The Kier molecular flexibility index (Phi) is 3.68. The third kappa shape index (κ3) is 3.18. The molecule has 0 aliphatic heterocycles.